The standard InChI is InChI=1S/C27H28O7/c1-29-23-13-19(15-28)25(27(31-3)26(23)30-2)21-10-9-20(34-16-18-7-5-4-6-8-18)14-22(21)24-17-32-11-12-33-24/h4-10,13-15,24H,11-12,16-17H2,1-3H3. The van der Waals surface area contributed by atoms with Crippen LogP contribution in [0.4, 0.5) is 0 Å². The topological polar surface area (TPSA) is 72.5 Å². The summed E-state index contributed by atoms with van der Waals surface area (Å²) in [5.74, 6) is 1.90. The molecule has 0 spiro atoms. The molecule has 1 aliphatic heterocycles. The van der Waals surface area contributed by atoms with Gasteiger partial charge in [0.05, 0.1) is 41.2 Å². The first-order chi connectivity index (χ1) is 16.7. The van der Waals surface area contributed by atoms with Crippen LogP contribution >= 0.6 is 0 Å². The summed E-state index contributed by atoms with van der Waals surface area (Å²) < 4.78 is 34.5. The quantitative estimate of drug-likeness (QED) is 0.419. The fourth-order valence-corrected chi connectivity index (χ4v) is 4.08. The number of carbonyl (C=O) groups is 1. The van der Waals surface area contributed by atoms with E-state index >= 15 is 0 Å². The highest BCUT2D eigenvalue weighted by molar-refractivity contribution is 5.94. The Kier molecular flexibility index (Phi) is 7.67. The van der Waals surface area contributed by atoms with Crippen molar-refractivity contribution in [3.8, 4) is 34.1 Å². The van der Waals surface area contributed by atoms with Gasteiger partial charge in [-0.1, -0.05) is 36.4 Å². The van der Waals surface area contributed by atoms with E-state index in [4.69, 9.17) is 28.4 Å². The van der Waals surface area contributed by atoms with Gasteiger partial charge in [0.25, 0.3) is 0 Å². The van der Waals surface area contributed by atoms with Gasteiger partial charge >= 0.3 is 0 Å². The molecule has 4 rings (SSSR count). The van der Waals surface area contributed by atoms with E-state index in [0.29, 0.717) is 60.6 Å². The van der Waals surface area contributed by atoms with E-state index in [1.165, 1.54) is 21.3 Å². The van der Waals surface area contributed by atoms with Crippen LogP contribution in [0, 0.1) is 0 Å². The average Bonchev–Trinajstić information content (AvgIpc) is 2.91. The minimum absolute atomic E-state index is 0.332. The first kappa shape index (κ1) is 23.6. The van der Waals surface area contributed by atoms with Crippen LogP contribution in [0.5, 0.6) is 23.0 Å². The Labute approximate surface area is 199 Å². The van der Waals surface area contributed by atoms with Crippen molar-refractivity contribution in [3.05, 3.63) is 71.3 Å². The van der Waals surface area contributed by atoms with E-state index in [9.17, 15) is 4.79 Å². The van der Waals surface area contributed by atoms with Gasteiger partial charge in [0.2, 0.25) is 5.75 Å². The lowest BCUT2D eigenvalue weighted by Gasteiger charge is -2.27. The van der Waals surface area contributed by atoms with Crippen LogP contribution in [0.1, 0.15) is 27.6 Å². The molecule has 0 radical (unpaired) electrons. The molecule has 0 amide bonds. The van der Waals surface area contributed by atoms with E-state index in [0.717, 1.165) is 23.0 Å². The van der Waals surface area contributed by atoms with Crippen molar-refractivity contribution in [2.75, 3.05) is 41.2 Å². The molecule has 7 heteroatoms. The van der Waals surface area contributed by atoms with Crippen molar-refractivity contribution in [2.24, 2.45) is 0 Å². The van der Waals surface area contributed by atoms with E-state index in [1.807, 2.05) is 48.5 Å². The van der Waals surface area contributed by atoms with E-state index in [1.54, 1.807) is 6.07 Å². The summed E-state index contributed by atoms with van der Waals surface area (Å²) in [6.45, 7) is 1.83. The highest BCUT2D eigenvalue weighted by Gasteiger charge is 2.27. The Balaban J connectivity index is 1.83. The Morgan fingerprint density at radius 1 is 0.941 bits per heavy atom. The summed E-state index contributed by atoms with van der Waals surface area (Å²) in [5, 5.41) is 0. The third-order valence-corrected chi connectivity index (χ3v) is 5.69. The van der Waals surface area contributed by atoms with Gasteiger partial charge in [-0.15, -0.1) is 0 Å². The van der Waals surface area contributed by atoms with Crippen molar-refractivity contribution in [1.29, 1.82) is 0 Å². The molecule has 0 bridgehead atoms. The first-order valence-corrected chi connectivity index (χ1v) is 11.0. The fraction of sp³-hybridized carbons (Fsp3) is 0.296. The lowest BCUT2D eigenvalue weighted by atomic mass is 9.91. The third-order valence-electron chi connectivity index (χ3n) is 5.69. The molecular weight excluding hydrogens is 436 g/mol. The number of methoxy groups -OCH3 is 3. The Morgan fingerprint density at radius 2 is 1.74 bits per heavy atom. The molecule has 0 aromatic heterocycles. The molecule has 1 fully saturated rings. The summed E-state index contributed by atoms with van der Waals surface area (Å²) in [6.07, 6.45) is 0.447. The smallest absolute Gasteiger partial charge is 0.203 e. The van der Waals surface area contributed by atoms with Crippen molar-refractivity contribution < 1.29 is 33.2 Å². The Bertz CT molecular complexity index is 1120. The summed E-state index contributed by atoms with van der Waals surface area (Å²) in [6, 6.07) is 17.3. The second kappa shape index (κ2) is 11.0. The van der Waals surface area contributed by atoms with E-state index < -0.39 is 0 Å². The zero-order chi connectivity index (χ0) is 23.9. The number of benzene rings is 3. The Morgan fingerprint density at radius 3 is 2.38 bits per heavy atom. The van der Waals surface area contributed by atoms with Crippen LogP contribution in [-0.4, -0.2) is 47.4 Å². The third kappa shape index (κ3) is 4.85. The van der Waals surface area contributed by atoms with Gasteiger partial charge < -0.3 is 28.4 Å². The highest BCUT2D eigenvalue weighted by atomic mass is 16.6. The minimum atomic E-state index is -0.332. The molecule has 34 heavy (non-hydrogen) atoms. The molecule has 0 aliphatic carbocycles. The van der Waals surface area contributed by atoms with Crippen LogP contribution in [0.2, 0.25) is 0 Å². The molecule has 1 saturated heterocycles. The first-order valence-electron chi connectivity index (χ1n) is 11.0. The molecule has 0 N–H and O–H groups in total. The maximum atomic E-state index is 12.1. The molecule has 1 aliphatic rings. The highest BCUT2D eigenvalue weighted by Crippen LogP contribution is 2.48. The Hall–Kier alpha value is -3.55. The van der Waals surface area contributed by atoms with Crippen LogP contribution in [0.3, 0.4) is 0 Å². The number of hydrogen-bond donors (Lipinski definition) is 0. The van der Waals surface area contributed by atoms with Crippen LogP contribution in [0.25, 0.3) is 11.1 Å². The maximum absolute atomic E-state index is 12.1. The summed E-state index contributed by atoms with van der Waals surface area (Å²) >= 11 is 0. The van der Waals surface area contributed by atoms with Crippen molar-refractivity contribution >= 4 is 6.29 Å². The van der Waals surface area contributed by atoms with Gasteiger partial charge in [0.1, 0.15) is 18.5 Å². The van der Waals surface area contributed by atoms with Gasteiger partial charge in [-0.3, -0.25) is 4.79 Å². The molecule has 1 heterocycles. The second-order valence-corrected chi connectivity index (χ2v) is 7.69. The normalized spacial score (nSPS) is 15.4. The zero-order valence-electron chi connectivity index (χ0n) is 19.5. The van der Waals surface area contributed by atoms with Crippen molar-refractivity contribution in [2.45, 2.75) is 12.7 Å². The minimum Gasteiger partial charge on any atom is -0.493 e. The lowest BCUT2D eigenvalue weighted by molar-refractivity contribution is -0.0899. The predicted octanol–water partition coefficient (Wildman–Crippen LogP) is 4.86. The lowest BCUT2D eigenvalue weighted by Crippen LogP contribution is -2.22. The van der Waals surface area contributed by atoms with Gasteiger partial charge in [-0.05, 0) is 34.9 Å². The van der Waals surface area contributed by atoms with Gasteiger partial charge in [0.15, 0.2) is 17.8 Å². The van der Waals surface area contributed by atoms with Crippen molar-refractivity contribution in [3.63, 3.8) is 0 Å². The molecule has 0 saturated carbocycles. The number of rotatable bonds is 9. The molecule has 3 aromatic rings. The SMILES string of the molecule is COc1cc(C=O)c(-c2ccc(OCc3ccccc3)cc2C2COCCO2)c(OC)c1OC. The van der Waals surface area contributed by atoms with E-state index in [-0.39, 0.29) is 6.10 Å². The predicted molar refractivity (Wildman–Crippen MR) is 127 cm³/mol. The second-order valence-electron chi connectivity index (χ2n) is 7.69. The molecule has 1 unspecified atom stereocenters. The maximum Gasteiger partial charge on any atom is 0.203 e. The number of ether oxygens (including phenoxy) is 6. The number of aldehydes is 1. The van der Waals surface area contributed by atoms with E-state index in [2.05, 4.69) is 0 Å². The zero-order valence-corrected chi connectivity index (χ0v) is 19.5. The average molecular weight is 465 g/mol. The molecule has 3 aromatic carbocycles. The molecule has 1 atom stereocenters. The van der Waals surface area contributed by atoms with Gasteiger partial charge in [-0.2, -0.15) is 0 Å². The van der Waals surface area contributed by atoms with Crippen LogP contribution in [-0.2, 0) is 16.1 Å². The molecule has 7 nitrogen and oxygen atoms in total. The number of carbonyl (C=O) groups excluding carboxylic acids is 1. The molecular formula is C27H28O7. The van der Waals surface area contributed by atoms with Crippen LogP contribution in [0.15, 0.2) is 54.6 Å². The monoisotopic (exact) mass is 464 g/mol. The van der Waals surface area contributed by atoms with Crippen molar-refractivity contribution in [1.82, 2.24) is 0 Å². The number of hydrogen-bond acceptors (Lipinski definition) is 7. The summed E-state index contributed by atoms with van der Waals surface area (Å²) in [7, 11) is 4.58. The largest absolute Gasteiger partial charge is 0.493 e. The van der Waals surface area contributed by atoms with Gasteiger partial charge in [-0.25, -0.2) is 0 Å². The van der Waals surface area contributed by atoms with Crippen LogP contribution < -0.4 is 18.9 Å². The summed E-state index contributed by atoms with van der Waals surface area (Å²) in [4.78, 5) is 12.1. The molecule has 178 valence electrons. The van der Waals surface area contributed by atoms with Gasteiger partial charge in [0, 0.05) is 11.1 Å². The summed E-state index contributed by atoms with van der Waals surface area (Å²) in [5.41, 5.74) is 3.66. The fourth-order valence-electron chi connectivity index (χ4n) is 4.08.